The number of hydrogen-bond acceptors (Lipinski definition) is 10. The first-order valence-electron chi connectivity index (χ1n) is 10.5. The number of aromatic nitrogens is 1. The standard InChI is InChI=1S/C20H23FN4O7/c1-10-7-24(8-11(2)31-10)16-13(19-28-3-4-29-19)5-14-17(15(16)21)32-23-18(14)25-12(6-22-27)9-30-20(25)26/h5,10-12,19H,3-4,6-9H2,1-2H3/t10-,11-,12+/m1/s1. The average molecular weight is 450 g/mol. The molecular formula is C20H23FN4O7. The number of ether oxygens (including phenoxy) is 4. The molecule has 4 heterocycles. The van der Waals surface area contributed by atoms with Crippen LogP contribution in [0.25, 0.3) is 11.0 Å². The van der Waals surface area contributed by atoms with Gasteiger partial charge >= 0.3 is 6.09 Å². The third kappa shape index (κ3) is 3.48. The van der Waals surface area contributed by atoms with Crippen LogP contribution in [-0.2, 0) is 18.9 Å². The van der Waals surface area contributed by atoms with E-state index < -0.39 is 24.2 Å². The largest absolute Gasteiger partial charge is 0.447 e. The van der Waals surface area contributed by atoms with Crippen LogP contribution in [0.3, 0.4) is 0 Å². The van der Waals surface area contributed by atoms with Crippen LogP contribution in [0.4, 0.5) is 20.7 Å². The molecule has 0 saturated carbocycles. The molecule has 1 amide bonds. The maximum absolute atomic E-state index is 15.9. The molecule has 3 atom stereocenters. The summed E-state index contributed by atoms with van der Waals surface area (Å²) in [5.41, 5.74) is 0.654. The summed E-state index contributed by atoms with van der Waals surface area (Å²) in [6.45, 7) is 5.33. The maximum atomic E-state index is 15.9. The monoisotopic (exact) mass is 450 g/mol. The van der Waals surface area contributed by atoms with Gasteiger partial charge in [-0.15, -0.1) is 0 Å². The quantitative estimate of drug-likeness (QED) is 0.634. The van der Waals surface area contributed by atoms with Gasteiger partial charge < -0.3 is 28.4 Å². The first-order valence-corrected chi connectivity index (χ1v) is 10.5. The fourth-order valence-corrected chi connectivity index (χ4v) is 4.55. The summed E-state index contributed by atoms with van der Waals surface area (Å²) in [4.78, 5) is 26.2. The Morgan fingerprint density at radius 2 is 1.94 bits per heavy atom. The highest BCUT2D eigenvalue weighted by atomic mass is 19.1. The SMILES string of the molecule is C[C@@H]1CN(c2c(C3OCCO3)cc3c(N4C(=O)OC[C@@H]4CN=O)noc3c2F)C[C@@H](C)O1. The molecular weight excluding hydrogens is 427 g/mol. The zero-order valence-electron chi connectivity index (χ0n) is 17.7. The van der Waals surface area contributed by atoms with Crippen LogP contribution in [0.15, 0.2) is 15.8 Å². The number of carbonyl (C=O) groups excluding carboxylic acids is 1. The summed E-state index contributed by atoms with van der Waals surface area (Å²) in [6.07, 6.45) is -1.69. The molecule has 0 spiro atoms. The summed E-state index contributed by atoms with van der Waals surface area (Å²) in [7, 11) is 0. The van der Waals surface area contributed by atoms with E-state index >= 15 is 4.39 Å². The maximum Gasteiger partial charge on any atom is 0.416 e. The van der Waals surface area contributed by atoms with Crippen molar-refractivity contribution in [3.63, 3.8) is 0 Å². The van der Waals surface area contributed by atoms with Crippen LogP contribution in [0.5, 0.6) is 0 Å². The van der Waals surface area contributed by atoms with E-state index in [1.807, 2.05) is 18.7 Å². The van der Waals surface area contributed by atoms with Crippen LogP contribution >= 0.6 is 0 Å². The van der Waals surface area contributed by atoms with Gasteiger partial charge in [-0.3, -0.25) is 0 Å². The van der Waals surface area contributed by atoms with Gasteiger partial charge in [-0.2, -0.15) is 4.91 Å². The molecule has 5 rings (SSSR count). The van der Waals surface area contributed by atoms with Gasteiger partial charge in [0.2, 0.25) is 5.58 Å². The molecule has 3 saturated heterocycles. The van der Waals surface area contributed by atoms with Gasteiger partial charge in [0, 0.05) is 18.7 Å². The second-order valence-electron chi connectivity index (χ2n) is 8.16. The minimum absolute atomic E-state index is 0.0231. The van der Waals surface area contributed by atoms with E-state index in [-0.39, 0.29) is 42.1 Å². The zero-order valence-corrected chi connectivity index (χ0v) is 17.7. The van der Waals surface area contributed by atoms with Crippen LogP contribution in [0, 0.1) is 10.7 Å². The topological polar surface area (TPSA) is 116 Å². The second kappa shape index (κ2) is 8.26. The number of amides is 1. The molecule has 32 heavy (non-hydrogen) atoms. The number of carbonyl (C=O) groups is 1. The lowest BCUT2D eigenvalue weighted by Gasteiger charge is -2.38. The summed E-state index contributed by atoms with van der Waals surface area (Å²) in [5.74, 6) is -0.571. The minimum Gasteiger partial charge on any atom is -0.447 e. The van der Waals surface area contributed by atoms with Crippen molar-refractivity contribution in [1.29, 1.82) is 0 Å². The van der Waals surface area contributed by atoms with E-state index in [1.165, 1.54) is 4.90 Å². The van der Waals surface area contributed by atoms with Crippen molar-refractivity contribution >= 4 is 28.6 Å². The van der Waals surface area contributed by atoms with E-state index in [2.05, 4.69) is 10.3 Å². The minimum atomic E-state index is -0.780. The number of nitrogens with zero attached hydrogens (tertiary/aromatic N) is 4. The Kier molecular flexibility index (Phi) is 5.43. The third-order valence-electron chi connectivity index (χ3n) is 5.78. The molecule has 3 aliphatic rings. The van der Waals surface area contributed by atoms with Crippen LogP contribution in [-0.4, -0.2) is 69.0 Å². The number of morpholine rings is 1. The number of anilines is 2. The molecule has 11 nitrogen and oxygen atoms in total. The van der Waals surface area contributed by atoms with Gasteiger partial charge in [-0.25, -0.2) is 14.1 Å². The Morgan fingerprint density at radius 3 is 2.62 bits per heavy atom. The predicted octanol–water partition coefficient (Wildman–Crippen LogP) is 2.72. The first kappa shape index (κ1) is 21.0. The molecule has 172 valence electrons. The lowest BCUT2D eigenvalue weighted by Crippen LogP contribution is -2.46. The van der Waals surface area contributed by atoms with Gasteiger partial charge in [-0.1, -0.05) is 10.3 Å². The highest BCUT2D eigenvalue weighted by Crippen LogP contribution is 2.42. The van der Waals surface area contributed by atoms with Crippen molar-refractivity contribution in [2.24, 2.45) is 5.18 Å². The Morgan fingerprint density at radius 1 is 1.22 bits per heavy atom. The molecule has 12 heteroatoms. The Hall–Kier alpha value is -2.83. The van der Waals surface area contributed by atoms with Gasteiger partial charge in [0.05, 0.1) is 42.5 Å². The summed E-state index contributed by atoms with van der Waals surface area (Å²) < 4.78 is 43.5. The van der Waals surface area contributed by atoms with Crippen molar-refractivity contribution in [3.05, 3.63) is 22.4 Å². The zero-order chi connectivity index (χ0) is 22.4. The van der Waals surface area contributed by atoms with Crippen molar-refractivity contribution in [1.82, 2.24) is 5.16 Å². The van der Waals surface area contributed by atoms with Crippen molar-refractivity contribution in [3.8, 4) is 0 Å². The molecule has 0 aliphatic carbocycles. The van der Waals surface area contributed by atoms with Gasteiger partial charge in [0.25, 0.3) is 0 Å². The molecule has 3 fully saturated rings. The Labute approximate surface area is 182 Å². The lowest BCUT2D eigenvalue weighted by atomic mass is 10.0. The number of benzene rings is 1. The number of rotatable bonds is 5. The normalized spacial score (nSPS) is 26.8. The van der Waals surface area contributed by atoms with Crippen LogP contribution in [0.2, 0.25) is 0 Å². The van der Waals surface area contributed by atoms with E-state index in [0.29, 0.717) is 37.6 Å². The predicted molar refractivity (Wildman–Crippen MR) is 109 cm³/mol. The van der Waals surface area contributed by atoms with E-state index in [4.69, 9.17) is 23.5 Å². The fourth-order valence-electron chi connectivity index (χ4n) is 4.55. The van der Waals surface area contributed by atoms with Gasteiger partial charge in [0.15, 0.2) is 17.9 Å². The fraction of sp³-hybridized carbons (Fsp3) is 0.600. The smallest absolute Gasteiger partial charge is 0.416 e. The number of fused-ring (bicyclic) bond motifs is 1. The lowest BCUT2D eigenvalue weighted by molar-refractivity contribution is -0.0445. The number of hydrogen-bond donors (Lipinski definition) is 0. The molecule has 0 radical (unpaired) electrons. The van der Waals surface area contributed by atoms with Crippen LogP contribution in [0.1, 0.15) is 25.7 Å². The van der Waals surface area contributed by atoms with Crippen molar-refractivity contribution in [2.45, 2.75) is 38.4 Å². The second-order valence-corrected chi connectivity index (χ2v) is 8.16. The molecule has 0 unspecified atom stereocenters. The molecule has 1 aromatic carbocycles. The highest BCUT2D eigenvalue weighted by molar-refractivity contribution is 6.01. The van der Waals surface area contributed by atoms with Gasteiger partial charge in [-0.05, 0) is 19.9 Å². The van der Waals surface area contributed by atoms with Crippen molar-refractivity contribution < 1.29 is 32.7 Å². The van der Waals surface area contributed by atoms with Crippen molar-refractivity contribution in [2.75, 3.05) is 49.3 Å². The Bertz CT molecular complexity index is 1030. The van der Waals surface area contributed by atoms with E-state index in [0.717, 1.165) is 0 Å². The molecule has 3 aliphatic heterocycles. The van der Waals surface area contributed by atoms with Crippen LogP contribution < -0.4 is 9.80 Å². The summed E-state index contributed by atoms with van der Waals surface area (Å²) >= 11 is 0. The average Bonchev–Trinajstić information content (AvgIpc) is 3.48. The van der Waals surface area contributed by atoms with E-state index in [9.17, 15) is 9.70 Å². The first-order chi connectivity index (χ1) is 15.5. The van der Waals surface area contributed by atoms with Gasteiger partial charge in [0.1, 0.15) is 13.2 Å². The molecule has 2 aromatic rings. The number of nitroso groups, excluding NO2 is 1. The highest BCUT2D eigenvalue weighted by Gasteiger charge is 2.40. The number of halogens is 1. The molecule has 0 N–H and O–H groups in total. The summed E-state index contributed by atoms with van der Waals surface area (Å²) in [5, 5.41) is 7.07. The summed E-state index contributed by atoms with van der Waals surface area (Å²) in [6, 6.07) is 1.01. The number of cyclic esters (lactones) is 1. The Balaban J connectivity index is 1.65. The molecule has 1 aromatic heterocycles. The van der Waals surface area contributed by atoms with E-state index in [1.54, 1.807) is 6.07 Å². The molecule has 0 bridgehead atoms. The third-order valence-corrected chi connectivity index (χ3v) is 5.78.